The molecule has 2 saturated heterocycles. The van der Waals surface area contributed by atoms with Crippen molar-refractivity contribution in [3.05, 3.63) is 29.1 Å². The van der Waals surface area contributed by atoms with Gasteiger partial charge in [0, 0.05) is 43.4 Å². The van der Waals surface area contributed by atoms with Gasteiger partial charge in [-0.3, -0.25) is 24.2 Å². The number of aryl methyl sites for hydroxylation is 2. The zero-order valence-corrected chi connectivity index (χ0v) is 18.9. The number of fused-ring (bicyclic) bond motifs is 1. The van der Waals surface area contributed by atoms with Crippen LogP contribution in [-0.4, -0.2) is 75.4 Å². The number of hydrogen-bond donors (Lipinski definition) is 2. The number of aromatic nitrogens is 1. The fraction of sp³-hybridized carbons (Fsp3) is 0.625. The predicted molar refractivity (Wildman–Crippen MR) is 120 cm³/mol. The van der Waals surface area contributed by atoms with Gasteiger partial charge in [0.2, 0.25) is 11.8 Å². The molecule has 1 unspecified atom stereocenters. The van der Waals surface area contributed by atoms with Gasteiger partial charge >= 0.3 is 5.97 Å². The Labute approximate surface area is 193 Å². The molecule has 1 aromatic rings. The van der Waals surface area contributed by atoms with Crippen molar-refractivity contribution in [3.63, 3.8) is 0 Å². The summed E-state index contributed by atoms with van der Waals surface area (Å²) in [6, 6.07) is 4.43. The second-order valence-corrected chi connectivity index (χ2v) is 9.09. The molecule has 3 aliphatic rings. The number of nitrogens with zero attached hydrogens (tertiary/aromatic N) is 3. The molecule has 1 aromatic heterocycles. The molecule has 1 aliphatic carbocycles. The number of likely N-dealkylation sites (tertiary alicyclic amines) is 2. The van der Waals surface area contributed by atoms with Crippen LogP contribution in [0.15, 0.2) is 12.1 Å². The predicted octanol–water partition coefficient (Wildman–Crippen LogP) is 1.77. The monoisotopic (exact) mass is 459 g/mol. The van der Waals surface area contributed by atoms with E-state index in [0.29, 0.717) is 18.9 Å². The average Bonchev–Trinajstić information content (AvgIpc) is 2.81. The summed E-state index contributed by atoms with van der Waals surface area (Å²) >= 11 is 0. The zero-order valence-electron chi connectivity index (χ0n) is 18.9. The van der Waals surface area contributed by atoms with Gasteiger partial charge in [0.1, 0.15) is 6.54 Å². The number of aliphatic carboxylic acids is 1. The highest BCUT2D eigenvalue weighted by Gasteiger charge is 2.34. The van der Waals surface area contributed by atoms with Crippen LogP contribution in [0.2, 0.25) is 0 Å². The summed E-state index contributed by atoms with van der Waals surface area (Å²) in [6.07, 6.45) is 8.35. The van der Waals surface area contributed by atoms with E-state index in [0.717, 1.165) is 45.2 Å². The van der Waals surface area contributed by atoms with Crippen LogP contribution >= 0.6 is 0 Å². The molecule has 33 heavy (non-hydrogen) atoms. The first-order valence-electron chi connectivity index (χ1n) is 11.7. The molecule has 180 valence electrons. The number of carbonyl (C=O) groups excluding carboxylic acids is 2. The van der Waals surface area contributed by atoms with Gasteiger partial charge in [-0.1, -0.05) is 6.07 Å². The maximum absolute atomic E-state index is 12.9. The number of pyridine rings is 1. The number of carboxylic acids is 1. The minimum atomic E-state index is -1.01. The van der Waals surface area contributed by atoms with E-state index >= 15 is 0 Å². The molecule has 9 heteroatoms. The lowest BCUT2D eigenvalue weighted by Crippen LogP contribution is -2.48. The SMILES string of the molecule is O=C(O)CN1CCC(C(=O)N2CCC(Cc3ccc4c(n3)CCCC4)CC2)CC1=O.O=CO. The van der Waals surface area contributed by atoms with Crippen molar-refractivity contribution < 1.29 is 29.4 Å². The van der Waals surface area contributed by atoms with Crippen LogP contribution in [0.4, 0.5) is 0 Å². The van der Waals surface area contributed by atoms with Gasteiger partial charge in [0.15, 0.2) is 0 Å². The molecule has 4 rings (SSSR count). The van der Waals surface area contributed by atoms with Crippen molar-refractivity contribution in [2.24, 2.45) is 11.8 Å². The summed E-state index contributed by atoms with van der Waals surface area (Å²) in [5.74, 6) is -0.939. The molecular weight excluding hydrogens is 426 g/mol. The first kappa shape index (κ1) is 24.7. The van der Waals surface area contributed by atoms with E-state index in [1.807, 2.05) is 4.90 Å². The Balaban J connectivity index is 0.000000968. The number of amides is 2. The van der Waals surface area contributed by atoms with Crippen LogP contribution in [0.1, 0.15) is 55.5 Å². The van der Waals surface area contributed by atoms with E-state index < -0.39 is 5.97 Å². The maximum atomic E-state index is 12.9. The number of piperidine rings is 2. The zero-order chi connectivity index (χ0) is 23.8. The van der Waals surface area contributed by atoms with Gasteiger partial charge in [-0.15, -0.1) is 0 Å². The highest BCUT2D eigenvalue weighted by atomic mass is 16.4. The van der Waals surface area contributed by atoms with E-state index in [9.17, 15) is 14.4 Å². The highest BCUT2D eigenvalue weighted by Crippen LogP contribution is 2.27. The fourth-order valence-electron chi connectivity index (χ4n) is 5.07. The second-order valence-electron chi connectivity index (χ2n) is 9.09. The Bertz CT molecular complexity index is 866. The number of carboxylic acid groups (broad SMARTS) is 2. The molecule has 2 N–H and O–H groups in total. The standard InChI is InChI=1S/C23H31N3O4.CH2O2/c27-21-14-18(9-12-26(21)15-22(28)29)23(30)25-10-7-16(8-11-25)13-19-6-5-17-3-1-2-4-20(17)24-19;2-1-3/h5-6,16,18H,1-4,7-15H2,(H,28,29);1H,(H,2,3). The quantitative estimate of drug-likeness (QED) is 0.642. The van der Waals surface area contributed by atoms with Crippen molar-refractivity contribution in [2.45, 2.75) is 57.8 Å². The van der Waals surface area contributed by atoms with Crippen molar-refractivity contribution in [2.75, 3.05) is 26.2 Å². The molecular formula is C24H33N3O6. The first-order valence-corrected chi connectivity index (χ1v) is 11.7. The van der Waals surface area contributed by atoms with Gasteiger partial charge in [-0.25, -0.2) is 0 Å². The van der Waals surface area contributed by atoms with E-state index in [2.05, 4.69) is 12.1 Å². The molecule has 0 aromatic carbocycles. The van der Waals surface area contributed by atoms with Crippen LogP contribution < -0.4 is 0 Å². The van der Waals surface area contributed by atoms with Crippen molar-refractivity contribution >= 4 is 24.3 Å². The minimum absolute atomic E-state index is 0.0590. The van der Waals surface area contributed by atoms with Crippen molar-refractivity contribution in [1.82, 2.24) is 14.8 Å². The first-order chi connectivity index (χ1) is 15.9. The lowest BCUT2D eigenvalue weighted by atomic mass is 9.89. The van der Waals surface area contributed by atoms with Gasteiger partial charge in [-0.2, -0.15) is 0 Å². The van der Waals surface area contributed by atoms with Gasteiger partial charge in [0.25, 0.3) is 6.47 Å². The van der Waals surface area contributed by atoms with Crippen molar-refractivity contribution in [3.8, 4) is 0 Å². The van der Waals surface area contributed by atoms with E-state index in [-0.39, 0.29) is 37.2 Å². The molecule has 2 aliphatic heterocycles. The topological polar surface area (TPSA) is 128 Å². The maximum Gasteiger partial charge on any atom is 0.323 e. The lowest BCUT2D eigenvalue weighted by molar-refractivity contribution is -0.150. The molecule has 0 bridgehead atoms. The Morgan fingerprint density at radius 2 is 1.79 bits per heavy atom. The van der Waals surface area contributed by atoms with Crippen molar-refractivity contribution in [1.29, 1.82) is 0 Å². The Kier molecular flexibility index (Phi) is 8.79. The summed E-state index contributed by atoms with van der Waals surface area (Å²) in [5, 5.41) is 15.8. The third-order valence-corrected chi connectivity index (χ3v) is 6.86. The molecule has 0 spiro atoms. The minimum Gasteiger partial charge on any atom is -0.483 e. The van der Waals surface area contributed by atoms with Crippen LogP contribution in [0, 0.1) is 11.8 Å². The summed E-state index contributed by atoms with van der Waals surface area (Å²) < 4.78 is 0. The number of hydrogen-bond acceptors (Lipinski definition) is 5. The molecule has 2 amide bonds. The van der Waals surface area contributed by atoms with Crippen LogP contribution in [-0.2, 0) is 38.4 Å². The summed E-state index contributed by atoms with van der Waals surface area (Å²) in [5.41, 5.74) is 3.87. The molecule has 1 atom stereocenters. The Morgan fingerprint density at radius 3 is 2.45 bits per heavy atom. The summed E-state index contributed by atoms with van der Waals surface area (Å²) in [6.45, 7) is 1.29. The molecule has 0 radical (unpaired) electrons. The summed E-state index contributed by atoms with van der Waals surface area (Å²) in [7, 11) is 0. The second kappa shape index (κ2) is 11.8. The van der Waals surface area contributed by atoms with Gasteiger partial charge in [0.05, 0.1) is 0 Å². The molecule has 3 heterocycles. The lowest BCUT2D eigenvalue weighted by Gasteiger charge is -2.36. The third-order valence-electron chi connectivity index (χ3n) is 6.86. The van der Waals surface area contributed by atoms with Gasteiger partial charge in [-0.05, 0) is 68.9 Å². The van der Waals surface area contributed by atoms with E-state index in [4.69, 9.17) is 20.0 Å². The van der Waals surface area contributed by atoms with E-state index in [1.165, 1.54) is 34.7 Å². The Morgan fingerprint density at radius 1 is 1.09 bits per heavy atom. The molecule has 9 nitrogen and oxygen atoms in total. The van der Waals surface area contributed by atoms with Crippen LogP contribution in [0.25, 0.3) is 0 Å². The van der Waals surface area contributed by atoms with E-state index in [1.54, 1.807) is 0 Å². The van der Waals surface area contributed by atoms with Gasteiger partial charge < -0.3 is 20.0 Å². The summed E-state index contributed by atoms with van der Waals surface area (Å²) in [4.78, 5) is 52.4. The Hall–Kier alpha value is -2.97. The largest absolute Gasteiger partial charge is 0.483 e. The number of rotatable bonds is 5. The molecule has 0 saturated carbocycles. The highest BCUT2D eigenvalue weighted by molar-refractivity contribution is 5.88. The fourth-order valence-corrected chi connectivity index (χ4v) is 5.07. The third kappa shape index (κ3) is 6.76. The normalized spacial score (nSPS) is 21.0. The van der Waals surface area contributed by atoms with Crippen LogP contribution in [0.3, 0.4) is 0 Å². The van der Waals surface area contributed by atoms with Crippen LogP contribution in [0.5, 0.6) is 0 Å². The smallest absolute Gasteiger partial charge is 0.323 e. The average molecular weight is 460 g/mol. The number of carbonyl (C=O) groups is 4. The molecule has 2 fully saturated rings.